The Morgan fingerprint density at radius 2 is 1.89 bits per heavy atom. The molecule has 3 nitrogen and oxygen atoms in total. The van der Waals surface area contributed by atoms with Gasteiger partial charge in [-0.2, -0.15) is 0 Å². The molecule has 0 aliphatic carbocycles. The Balaban J connectivity index is 2.30. The van der Waals surface area contributed by atoms with Gasteiger partial charge in [0.25, 0.3) is 5.91 Å². The second-order valence-electron chi connectivity index (χ2n) is 3.64. The first-order chi connectivity index (χ1) is 8.59. The van der Waals surface area contributed by atoms with Crippen LogP contribution in [0.5, 0.6) is 0 Å². The van der Waals surface area contributed by atoms with Gasteiger partial charge < -0.3 is 11.1 Å². The number of para-hydroxylation sites is 1. The van der Waals surface area contributed by atoms with E-state index in [1.54, 1.807) is 18.2 Å². The van der Waals surface area contributed by atoms with Gasteiger partial charge in [0.15, 0.2) is 0 Å². The molecule has 2 aromatic rings. The molecule has 0 atom stereocenters. The number of nitrogen functional groups attached to an aromatic ring is 1. The van der Waals surface area contributed by atoms with Gasteiger partial charge in [0.1, 0.15) is 11.5 Å². The standard InChI is InChI=1S/C13H10FIN2O/c14-9-5-3-7-11(16)12(9)17-13(18)8-4-1-2-6-10(8)15/h1-7H,16H2,(H,17,18). The Kier molecular flexibility index (Phi) is 3.81. The van der Waals surface area contributed by atoms with Crippen molar-refractivity contribution >= 4 is 39.9 Å². The SMILES string of the molecule is Nc1cccc(F)c1NC(=O)c1ccccc1I. The normalized spacial score (nSPS) is 10.1. The molecule has 0 radical (unpaired) electrons. The number of amides is 1. The van der Waals surface area contributed by atoms with Gasteiger partial charge in [-0.3, -0.25) is 4.79 Å². The summed E-state index contributed by atoms with van der Waals surface area (Å²) in [4.78, 5) is 12.0. The molecule has 0 aliphatic rings. The largest absolute Gasteiger partial charge is 0.397 e. The fourth-order valence-corrected chi connectivity index (χ4v) is 2.13. The number of anilines is 2. The maximum absolute atomic E-state index is 13.5. The highest BCUT2D eigenvalue weighted by Crippen LogP contribution is 2.23. The first-order valence-corrected chi connectivity index (χ1v) is 6.27. The summed E-state index contributed by atoms with van der Waals surface area (Å²) in [5, 5.41) is 2.49. The van der Waals surface area contributed by atoms with Crippen molar-refractivity contribution in [2.75, 3.05) is 11.1 Å². The van der Waals surface area contributed by atoms with Crippen LogP contribution in [0.15, 0.2) is 42.5 Å². The Hall–Kier alpha value is -1.63. The molecular formula is C13H10FIN2O. The highest BCUT2D eigenvalue weighted by atomic mass is 127. The van der Waals surface area contributed by atoms with E-state index in [0.717, 1.165) is 3.57 Å². The quantitative estimate of drug-likeness (QED) is 0.641. The van der Waals surface area contributed by atoms with Crippen LogP contribution in [0.1, 0.15) is 10.4 Å². The monoisotopic (exact) mass is 356 g/mol. The lowest BCUT2D eigenvalue weighted by molar-refractivity contribution is 0.102. The van der Waals surface area contributed by atoms with Crippen molar-refractivity contribution in [3.63, 3.8) is 0 Å². The molecule has 0 saturated heterocycles. The van der Waals surface area contributed by atoms with Crippen LogP contribution in [0, 0.1) is 9.39 Å². The molecule has 0 fully saturated rings. The minimum atomic E-state index is -0.547. The Bertz CT molecular complexity index is 581. The predicted molar refractivity (Wildman–Crippen MR) is 77.9 cm³/mol. The van der Waals surface area contributed by atoms with E-state index >= 15 is 0 Å². The zero-order valence-electron chi connectivity index (χ0n) is 9.28. The number of hydrogen-bond donors (Lipinski definition) is 2. The summed E-state index contributed by atoms with van der Waals surface area (Å²) < 4.78 is 14.3. The average molecular weight is 356 g/mol. The van der Waals surface area contributed by atoms with E-state index in [2.05, 4.69) is 5.32 Å². The molecule has 0 saturated carbocycles. The molecule has 0 aromatic heterocycles. The first-order valence-electron chi connectivity index (χ1n) is 5.19. The fourth-order valence-electron chi connectivity index (χ4n) is 1.50. The van der Waals surface area contributed by atoms with E-state index < -0.39 is 5.82 Å². The molecule has 0 aliphatic heterocycles. The summed E-state index contributed by atoms with van der Waals surface area (Å²) in [6.45, 7) is 0. The fraction of sp³-hybridized carbons (Fsp3) is 0. The number of carbonyl (C=O) groups excluding carboxylic acids is 1. The van der Waals surface area contributed by atoms with Gasteiger partial charge in [0.2, 0.25) is 0 Å². The van der Waals surface area contributed by atoms with Crippen LogP contribution in [0.4, 0.5) is 15.8 Å². The average Bonchev–Trinajstić information content (AvgIpc) is 2.34. The molecule has 3 N–H and O–H groups in total. The van der Waals surface area contributed by atoms with Crippen LogP contribution in [0.2, 0.25) is 0 Å². The highest BCUT2D eigenvalue weighted by Gasteiger charge is 2.13. The maximum Gasteiger partial charge on any atom is 0.256 e. The summed E-state index contributed by atoms with van der Waals surface area (Å²) >= 11 is 2.05. The van der Waals surface area contributed by atoms with Crippen LogP contribution < -0.4 is 11.1 Å². The Morgan fingerprint density at radius 1 is 1.17 bits per heavy atom. The zero-order valence-corrected chi connectivity index (χ0v) is 11.4. The molecular weight excluding hydrogens is 346 g/mol. The van der Waals surface area contributed by atoms with Gasteiger partial charge in [-0.1, -0.05) is 18.2 Å². The van der Waals surface area contributed by atoms with Gasteiger partial charge in [-0.15, -0.1) is 0 Å². The Labute approximate surface area is 117 Å². The van der Waals surface area contributed by atoms with Crippen LogP contribution in [0.25, 0.3) is 0 Å². The number of hydrogen-bond acceptors (Lipinski definition) is 2. The maximum atomic E-state index is 13.5. The molecule has 2 aromatic carbocycles. The van der Waals surface area contributed by atoms with E-state index in [1.807, 2.05) is 28.7 Å². The van der Waals surface area contributed by atoms with Crippen molar-refractivity contribution in [2.24, 2.45) is 0 Å². The van der Waals surface area contributed by atoms with Gasteiger partial charge in [-0.05, 0) is 46.9 Å². The smallest absolute Gasteiger partial charge is 0.256 e. The minimum Gasteiger partial charge on any atom is -0.397 e. The van der Waals surface area contributed by atoms with Crippen molar-refractivity contribution < 1.29 is 9.18 Å². The van der Waals surface area contributed by atoms with Crippen molar-refractivity contribution in [3.8, 4) is 0 Å². The van der Waals surface area contributed by atoms with Crippen molar-refractivity contribution in [3.05, 3.63) is 57.4 Å². The second kappa shape index (κ2) is 5.34. The van der Waals surface area contributed by atoms with E-state index in [-0.39, 0.29) is 17.3 Å². The van der Waals surface area contributed by atoms with Crippen molar-refractivity contribution in [1.29, 1.82) is 0 Å². The number of nitrogens with one attached hydrogen (secondary N) is 1. The number of rotatable bonds is 2. The first kappa shape index (κ1) is 12.8. The van der Waals surface area contributed by atoms with Gasteiger partial charge in [0.05, 0.1) is 11.3 Å². The van der Waals surface area contributed by atoms with Crippen molar-refractivity contribution in [1.82, 2.24) is 0 Å². The van der Waals surface area contributed by atoms with E-state index in [0.29, 0.717) is 5.56 Å². The molecule has 18 heavy (non-hydrogen) atoms. The summed E-state index contributed by atoms with van der Waals surface area (Å²) in [7, 11) is 0. The third-order valence-electron chi connectivity index (χ3n) is 2.40. The number of nitrogens with two attached hydrogens (primary N) is 1. The lowest BCUT2D eigenvalue weighted by Crippen LogP contribution is -2.15. The van der Waals surface area contributed by atoms with Crippen molar-refractivity contribution in [2.45, 2.75) is 0 Å². The zero-order chi connectivity index (χ0) is 13.1. The van der Waals surface area contributed by atoms with Crippen LogP contribution in [-0.2, 0) is 0 Å². The van der Waals surface area contributed by atoms with Crippen LogP contribution in [-0.4, -0.2) is 5.91 Å². The van der Waals surface area contributed by atoms with Gasteiger partial charge in [0, 0.05) is 3.57 Å². The summed E-state index contributed by atoms with van der Waals surface area (Å²) in [5.41, 5.74) is 6.33. The van der Waals surface area contributed by atoms with Crippen LogP contribution >= 0.6 is 22.6 Å². The predicted octanol–water partition coefficient (Wildman–Crippen LogP) is 3.26. The van der Waals surface area contributed by atoms with E-state index in [1.165, 1.54) is 18.2 Å². The summed E-state index contributed by atoms with van der Waals surface area (Å²) in [6.07, 6.45) is 0. The topological polar surface area (TPSA) is 55.1 Å². The molecule has 0 unspecified atom stereocenters. The molecule has 5 heteroatoms. The third-order valence-corrected chi connectivity index (χ3v) is 3.34. The lowest BCUT2D eigenvalue weighted by Gasteiger charge is -2.09. The third kappa shape index (κ3) is 2.61. The number of carbonyl (C=O) groups is 1. The molecule has 0 spiro atoms. The minimum absolute atomic E-state index is 0.0159. The number of halogens is 2. The van der Waals surface area contributed by atoms with Crippen LogP contribution in [0.3, 0.4) is 0 Å². The summed E-state index contributed by atoms with van der Waals surface area (Å²) in [5.74, 6) is -0.925. The summed E-state index contributed by atoms with van der Waals surface area (Å²) in [6, 6.07) is 11.3. The second-order valence-corrected chi connectivity index (χ2v) is 4.80. The molecule has 0 heterocycles. The molecule has 1 amide bonds. The van der Waals surface area contributed by atoms with Gasteiger partial charge in [-0.25, -0.2) is 4.39 Å². The lowest BCUT2D eigenvalue weighted by atomic mass is 10.2. The number of benzene rings is 2. The van der Waals surface area contributed by atoms with E-state index in [9.17, 15) is 9.18 Å². The highest BCUT2D eigenvalue weighted by molar-refractivity contribution is 14.1. The van der Waals surface area contributed by atoms with Gasteiger partial charge >= 0.3 is 0 Å². The molecule has 2 rings (SSSR count). The van der Waals surface area contributed by atoms with E-state index in [4.69, 9.17) is 5.73 Å². The Morgan fingerprint density at radius 3 is 2.56 bits per heavy atom. The molecule has 0 bridgehead atoms. The molecule has 92 valence electrons.